The third kappa shape index (κ3) is 5.47. The molecule has 2 aliphatic heterocycles. The first-order valence-electron chi connectivity index (χ1n) is 8.43. The van der Waals surface area contributed by atoms with E-state index in [-0.39, 0.29) is 17.7 Å². The normalized spacial score (nSPS) is 26.0. The van der Waals surface area contributed by atoms with E-state index < -0.39 is 0 Å². The molecule has 2 saturated heterocycles. The van der Waals surface area contributed by atoms with Gasteiger partial charge in [-0.15, -0.1) is 0 Å². The summed E-state index contributed by atoms with van der Waals surface area (Å²) >= 11 is 1.93. The molecule has 2 aliphatic rings. The zero-order valence-corrected chi connectivity index (χ0v) is 14.6. The highest BCUT2D eigenvalue weighted by molar-refractivity contribution is 7.99. The molecule has 6 heteroatoms. The minimum Gasteiger partial charge on any atom is -0.356 e. The van der Waals surface area contributed by atoms with Gasteiger partial charge in [0.1, 0.15) is 0 Å². The number of hydrogen-bond acceptors (Lipinski definition) is 4. The summed E-state index contributed by atoms with van der Waals surface area (Å²) in [5.41, 5.74) is 0. The maximum absolute atomic E-state index is 12.4. The first kappa shape index (κ1) is 17.6. The average Bonchev–Trinajstić information content (AvgIpc) is 2.53. The van der Waals surface area contributed by atoms with E-state index in [4.69, 9.17) is 0 Å². The molecule has 0 aromatic heterocycles. The van der Waals surface area contributed by atoms with Gasteiger partial charge in [-0.1, -0.05) is 13.8 Å². The highest BCUT2D eigenvalue weighted by atomic mass is 32.2. The van der Waals surface area contributed by atoms with Crippen LogP contribution in [-0.2, 0) is 9.59 Å². The largest absolute Gasteiger partial charge is 0.356 e. The van der Waals surface area contributed by atoms with Crippen LogP contribution in [0.3, 0.4) is 0 Å². The van der Waals surface area contributed by atoms with Crippen LogP contribution in [0.5, 0.6) is 0 Å². The van der Waals surface area contributed by atoms with Crippen molar-refractivity contribution in [2.75, 3.05) is 37.7 Å². The maximum Gasteiger partial charge on any atom is 0.224 e. The van der Waals surface area contributed by atoms with Crippen molar-refractivity contribution in [3.63, 3.8) is 0 Å². The van der Waals surface area contributed by atoms with Gasteiger partial charge in [0, 0.05) is 56.1 Å². The first-order chi connectivity index (χ1) is 10.6. The molecule has 0 saturated carbocycles. The molecular formula is C16H29N3O2S. The highest BCUT2D eigenvalue weighted by Gasteiger charge is 2.26. The van der Waals surface area contributed by atoms with Gasteiger partial charge in [-0.2, -0.15) is 11.8 Å². The van der Waals surface area contributed by atoms with Gasteiger partial charge < -0.3 is 15.5 Å². The van der Waals surface area contributed by atoms with Crippen LogP contribution >= 0.6 is 11.8 Å². The van der Waals surface area contributed by atoms with E-state index in [0.29, 0.717) is 24.9 Å². The van der Waals surface area contributed by atoms with Crippen LogP contribution in [0, 0.1) is 11.8 Å². The van der Waals surface area contributed by atoms with E-state index in [1.165, 1.54) is 0 Å². The van der Waals surface area contributed by atoms with Crippen molar-refractivity contribution in [1.82, 2.24) is 15.5 Å². The second-order valence-electron chi connectivity index (χ2n) is 6.68. The number of likely N-dealkylation sites (tertiary alicyclic amines) is 1. The monoisotopic (exact) mass is 327 g/mol. The summed E-state index contributed by atoms with van der Waals surface area (Å²) in [7, 11) is 0. The highest BCUT2D eigenvalue weighted by Crippen LogP contribution is 2.18. The van der Waals surface area contributed by atoms with Gasteiger partial charge in [0.25, 0.3) is 0 Å². The van der Waals surface area contributed by atoms with Crippen molar-refractivity contribution in [2.24, 2.45) is 11.8 Å². The summed E-state index contributed by atoms with van der Waals surface area (Å²) in [5.74, 6) is 2.97. The van der Waals surface area contributed by atoms with Crippen LogP contribution < -0.4 is 10.6 Å². The number of piperidine rings is 1. The Kier molecular flexibility index (Phi) is 7.02. The Labute approximate surface area is 138 Å². The van der Waals surface area contributed by atoms with Gasteiger partial charge in [-0.05, 0) is 18.8 Å². The van der Waals surface area contributed by atoms with E-state index in [2.05, 4.69) is 10.6 Å². The van der Waals surface area contributed by atoms with Gasteiger partial charge in [-0.3, -0.25) is 9.59 Å². The summed E-state index contributed by atoms with van der Waals surface area (Å²) in [6, 6.07) is 0.326. The predicted octanol–water partition coefficient (Wildman–Crippen LogP) is 1.09. The number of amides is 2. The molecule has 0 spiro atoms. The molecule has 2 fully saturated rings. The second-order valence-corrected chi connectivity index (χ2v) is 7.83. The Balaban J connectivity index is 1.74. The number of hydrogen-bond donors (Lipinski definition) is 2. The molecule has 0 radical (unpaired) electrons. The number of rotatable bonds is 5. The van der Waals surface area contributed by atoms with E-state index in [1.807, 2.05) is 30.5 Å². The van der Waals surface area contributed by atoms with Gasteiger partial charge in [0.15, 0.2) is 0 Å². The molecule has 22 heavy (non-hydrogen) atoms. The molecular weight excluding hydrogens is 298 g/mol. The molecule has 2 N–H and O–H groups in total. The molecule has 0 bridgehead atoms. The lowest BCUT2D eigenvalue weighted by atomic mass is 9.97. The lowest BCUT2D eigenvalue weighted by Gasteiger charge is -2.34. The standard InChI is InChI=1S/C16H29N3O2S/c1-12(2)16(21)18-9-13-4-3-6-19(10-13)15(20)8-14-11-22-7-5-17-14/h12-14,17H,3-11H2,1-2H3,(H,18,21). The van der Waals surface area contributed by atoms with Crippen molar-refractivity contribution in [3.05, 3.63) is 0 Å². The third-order valence-corrected chi connectivity index (χ3v) is 5.51. The fourth-order valence-electron chi connectivity index (χ4n) is 3.00. The number of nitrogens with zero attached hydrogens (tertiary/aromatic N) is 1. The summed E-state index contributed by atoms with van der Waals surface area (Å²) < 4.78 is 0. The molecule has 2 heterocycles. The van der Waals surface area contributed by atoms with Gasteiger partial charge in [-0.25, -0.2) is 0 Å². The lowest BCUT2D eigenvalue weighted by molar-refractivity contribution is -0.133. The molecule has 2 rings (SSSR count). The SMILES string of the molecule is CC(C)C(=O)NCC1CCCN(C(=O)CC2CSCCN2)C1. The summed E-state index contributed by atoms with van der Waals surface area (Å²) in [5, 5.41) is 6.43. The van der Waals surface area contributed by atoms with Crippen molar-refractivity contribution in [2.45, 2.75) is 39.2 Å². The summed E-state index contributed by atoms with van der Waals surface area (Å²) in [4.78, 5) is 26.1. The first-order valence-corrected chi connectivity index (χ1v) is 9.58. The quantitative estimate of drug-likeness (QED) is 0.794. The number of carbonyl (C=O) groups excluding carboxylic acids is 2. The van der Waals surface area contributed by atoms with E-state index >= 15 is 0 Å². The smallest absolute Gasteiger partial charge is 0.224 e. The van der Waals surface area contributed by atoms with Gasteiger partial charge in [0.2, 0.25) is 11.8 Å². The Bertz CT molecular complexity index is 384. The molecule has 2 unspecified atom stereocenters. The van der Waals surface area contributed by atoms with E-state index in [1.54, 1.807) is 0 Å². The molecule has 2 atom stereocenters. The van der Waals surface area contributed by atoms with Crippen LogP contribution in [0.4, 0.5) is 0 Å². The maximum atomic E-state index is 12.4. The topological polar surface area (TPSA) is 61.4 Å². The summed E-state index contributed by atoms with van der Waals surface area (Å²) in [6.45, 7) is 7.16. The summed E-state index contributed by atoms with van der Waals surface area (Å²) in [6.07, 6.45) is 2.75. The van der Waals surface area contributed by atoms with Crippen LogP contribution in [-0.4, -0.2) is 60.4 Å². The minimum atomic E-state index is 0.0243. The van der Waals surface area contributed by atoms with E-state index in [9.17, 15) is 9.59 Å². The van der Waals surface area contributed by atoms with Crippen LogP contribution in [0.25, 0.3) is 0 Å². The predicted molar refractivity (Wildman–Crippen MR) is 90.9 cm³/mol. The lowest BCUT2D eigenvalue weighted by Crippen LogP contribution is -2.47. The zero-order chi connectivity index (χ0) is 15.9. The van der Waals surface area contributed by atoms with Crippen molar-refractivity contribution in [1.29, 1.82) is 0 Å². The van der Waals surface area contributed by atoms with Crippen molar-refractivity contribution < 1.29 is 9.59 Å². The van der Waals surface area contributed by atoms with Crippen molar-refractivity contribution >= 4 is 23.6 Å². The van der Waals surface area contributed by atoms with Crippen LogP contribution in [0.2, 0.25) is 0 Å². The molecule has 2 amide bonds. The zero-order valence-electron chi connectivity index (χ0n) is 13.8. The molecule has 0 aliphatic carbocycles. The average molecular weight is 327 g/mol. The Hall–Kier alpha value is -0.750. The van der Waals surface area contributed by atoms with Crippen LogP contribution in [0.1, 0.15) is 33.1 Å². The molecule has 126 valence electrons. The fraction of sp³-hybridized carbons (Fsp3) is 0.875. The second kappa shape index (κ2) is 8.77. The third-order valence-electron chi connectivity index (χ3n) is 4.38. The fourth-order valence-corrected chi connectivity index (χ4v) is 3.95. The van der Waals surface area contributed by atoms with Gasteiger partial charge in [0.05, 0.1) is 0 Å². The Morgan fingerprint density at radius 3 is 2.91 bits per heavy atom. The molecule has 0 aromatic rings. The molecule has 5 nitrogen and oxygen atoms in total. The van der Waals surface area contributed by atoms with Crippen LogP contribution in [0.15, 0.2) is 0 Å². The minimum absolute atomic E-state index is 0.0243. The Morgan fingerprint density at radius 2 is 2.23 bits per heavy atom. The van der Waals surface area contributed by atoms with Crippen molar-refractivity contribution in [3.8, 4) is 0 Å². The number of carbonyl (C=O) groups is 2. The number of thioether (sulfide) groups is 1. The number of nitrogens with one attached hydrogen (secondary N) is 2. The molecule has 0 aromatic carbocycles. The van der Waals surface area contributed by atoms with Gasteiger partial charge >= 0.3 is 0 Å². The Morgan fingerprint density at radius 1 is 1.41 bits per heavy atom. The van der Waals surface area contributed by atoms with E-state index in [0.717, 1.165) is 44.0 Å².